The predicted octanol–water partition coefficient (Wildman–Crippen LogP) is 2.01. The van der Waals surface area contributed by atoms with E-state index in [-0.39, 0.29) is 0 Å². The van der Waals surface area contributed by atoms with E-state index < -0.39 is 0 Å². The van der Waals surface area contributed by atoms with Gasteiger partial charge in [0, 0.05) is 0 Å². The first kappa shape index (κ1) is 7.02. The van der Waals surface area contributed by atoms with Crippen LogP contribution in [0.15, 0.2) is 42.5 Å². The van der Waals surface area contributed by atoms with Crippen LogP contribution in [0.4, 0.5) is 0 Å². The Kier molecular flexibility index (Phi) is 1.77. The van der Waals surface area contributed by atoms with E-state index >= 15 is 0 Å². The van der Waals surface area contributed by atoms with Crippen molar-refractivity contribution < 1.29 is 18.9 Å². The molecular formula is C10H7Ir. The Labute approximate surface area is 76.4 Å². The summed E-state index contributed by atoms with van der Waals surface area (Å²) in [7, 11) is 0. The van der Waals surface area contributed by atoms with Crippen molar-refractivity contribution >= 4 is 14.8 Å². The van der Waals surface area contributed by atoms with Gasteiger partial charge in [-0.05, 0) is 0 Å². The molecule has 0 unspecified atom stereocenters. The summed E-state index contributed by atoms with van der Waals surface area (Å²) in [6.07, 6.45) is 0. The number of hydrogen-bond acceptors (Lipinski definition) is 0. The molecule has 0 heterocycles. The maximum atomic E-state index is 2.16. The van der Waals surface area contributed by atoms with Crippen LogP contribution < -0.4 is 4.08 Å². The zero-order valence-electron chi connectivity index (χ0n) is 5.87. The third-order valence-corrected chi connectivity index (χ3v) is 2.76. The average molecular weight is 319 g/mol. The quantitative estimate of drug-likeness (QED) is 0.697. The van der Waals surface area contributed by atoms with Gasteiger partial charge in [-0.3, -0.25) is 0 Å². The van der Waals surface area contributed by atoms with Crippen LogP contribution >= 0.6 is 0 Å². The van der Waals surface area contributed by atoms with Gasteiger partial charge in [0.25, 0.3) is 0 Å². The fraction of sp³-hybridized carbons (Fsp3) is 0. The summed E-state index contributed by atoms with van der Waals surface area (Å²) < 4.78 is 1.35. The van der Waals surface area contributed by atoms with Crippen LogP contribution in [0.2, 0.25) is 0 Å². The summed E-state index contributed by atoms with van der Waals surface area (Å²) in [4.78, 5) is 0. The molecule has 0 amide bonds. The van der Waals surface area contributed by atoms with Crippen molar-refractivity contribution in [3.05, 3.63) is 42.5 Å². The van der Waals surface area contributed by atoms with Gasteiger partial charge in [-0.1, -0.05) is 0 Å². The Morgan fingerprint density at radius 3 is 2.36 bits per heavy atom. The Morgan fingerprint density at radius 2 is 1.55 bits per heavy atom. The number of rotatable bonds is 0. The first-order valence-corrected chi connectivity index (χ1v) is 4.69. The molecule has 0 atom stereocenters. The third-order valence-electron chi connectivity index (χ3n) is 1.72. The molecule has 2 aromatic carbocycles. The zero-order chi connectivity index (χ0) is 7.68. The van der Waals surface area contributed by atoms with Crippen LogP contribution in [0.5, 0.6) is 0 Å². The summed E-state index contributed by atoms with van der Waals surface area (Å²) in [5, 5.41) is 2.68. The molecule has 0 saturated heterocycles. The molecule has 0 spiro atoms. The van der Waals surface area contributed by atoms with Crippen LogP contribution in [0.3, 0.4) is 0 Å². The summed E-state index contributed by atoms with van der Waals surface area (Å²) >= 11 is 2.14. The Balaban J connectivity index is 2.91. The van der Waals surface area contributed by atoms with Crippen molar-refractivity contribution in [2.75, 3.05) is 0 Å². The molecule has 0 radical (unpaired) electrons. The van der Waals surface area contributed by atoms with Crippen LogP contribution in [-0.2, 0) is 18.9 Å². The number of fused-ring (bicyclic) bond motifs is 1. The molecule has 0 saturated carbocycles. The van der Waals surface area contributed by atoms with Crippen molar-refractivity contribution in [3.8, 4) is 0 Å². The summed E-state index contributed by atoms with van der Waals surface area (Å²) in [6.45, 7) is 0. The molecule has 0 aliphatic rings. The molecule has 11 heavy (non-hydrogen) atoms. The van der Waals surface area contributed by atoms with Gasteiger partial charge in [0.1, 0.15) is 0 Å². The van der Waals surface area contributed by atoms with Crippen molar-refractivity contribution in [3.63, 3.8) is 0 Å². The van der Waals surface area contributed by atoms with Crippen LogP contribution in [-0.4, -0.2) is 0 Å². The van der Waals surface area contributed by atoms with E-state index in [0.717, 1.165) is 0 Å². The van der Waals surface area contributed by atoms with Gasteiger partial charge in [0.05, 0.1) is 0 Å². The Hall–Kier alpha value is -0.651. The first-order valence-electron chi connectivity index (χ1n) is 3.49. The second-order valence-corrected chi connectivity index (χ2v) is 3.73. The van der Waals surface area contributed by atoms with Crippen molar-refractivity contribution in [2.24, 2.45) is 0 Å². The van der Waals surface area contributed by atoms with E-state index in [1.165, 1.54) is 14.8 Å². The normalized spacial score (nSPS) is 10.4. The zero-order valence-corrected chi connectivity index (χ0v) is 8.27. The van der Waals surface area contributed by atoms with Crippen LogP contribution in [0.1, 0.15) is 0 Å². The molecule has 0 bridgehead atoms. The number of hydrogen-bond donors (Lipinski definition) is 0. The maximum absolute atomic E-state index is 2.16. The number of benzene rings is 2. The second kappa shape index (κ2) is 2.77. The van der Waals surface area contributed by atoms with E-state index in [0.29, 0.717) is 0 Å². The minimum atomic E-state index is 1.33. The molecule has 1 heteroatoms. The van der Waals surface area contributed by atoms with E-state index in [4.69, 9.17) is 0 Å². The SMILES string of the molecule is [Ir][c]1cccc2ccccc12. The third kappa shape index (κ3) is 1.22. The topological polar surface area (TPSA) is 0 Å². The summed E-state index contributed by atoms with van der Waals surface area (Å²) in [5.41, 5.74) is 0. The van der Waals surface area contributed by atoms with Gasteiger partial charge in [0.15, 0.2) is 0 Å². The van der Waals surface area contributed by atoms with Gasteiger partial charge in [-0.25, -0.2) is 0 Å². The van der Waals surface area contributed by atoms with E-state index in [1.807, 2.05) is 0 Å². The molecule has 56 valence electrons. The minimum absolute atomic E-state index is 1.33. The summed E-state index contributed by atoms with van der Waals surface area (Å²) in [6, 6.07) is 14.8. The molecule has 2 rings (SSSR count). The Morgan fingerprint density at radius 1 is 0.818 bits per heavy atom. The van der Waals surface area contributed by atoms with Crippen molar-refractivity contribution in [2.45, 2.75) is 0 Å². The predicted molar refractivity (Wildman–Crippen MR) is 43.6 cm³/mol. The molecular weight excluding hydrogens is 312 g/mol. The fourth-order valence-electron chi connectivity index (χ4n) is 1.17. The standard InChI is InChI=1S/C10H7.Ir/c1-2-6-10-8-4-3-7-9(10)5-1;/h1-7H;. The van der Waals surface area contributed by atoms with E-state index in [1.54, 1.807) is 0 Å². The first-order chi connectivity index (χ1) is 5.38. The van der Waals surface area contributed by atoms with Crippen LogP contribution in [0, 0.1) is 0 Å². The van der Waals surface area contributed by atoms with Gasteiger partial charge in [0.2, 0.25) is 0 Å². The molecule has 0 fully saturated rings. The monoisotopic (exact) mass is 320 g/mol. The fourth-order valence-corrected chi connectivity index (χ4v) is 1.95. The molecule has 2 aromatic rings. The van der Waals surface area contributed by atoms with Crippen molar-refractivity contribution in [1.82, 2.24) is 0 Å². The molecule has 0 N–H and O–H groups in total. The van der Waals surface area contributed by atoms with Gasteiger partial charge in [-0.15, -0.1) is 0 Å². The molecule has 0 aromatic heterocycles. The second-order valence-electron chi connectivity index (χ2n) is 2.44. The summed E-state index contributed by atoms with van der Waals surface area (Å²) in [5.74, 6) is 0. The molecule has 0 aliphatic carbocycles. The van der Waals surface area contributed by atoms with E-state index in [2.05, 4.69) is 61.4 Å². The van der Waals surface area contributed by atoms with Gasteiger partial charge >= 0.3 is 76.2 Å². The molecule has 0 aliphatic heterocycles. The van der Waals surface area contributed by atoms with Gasteiger partial charge < -0.3 is 0 Å². The van der Waals surface area contributed by atoms with Gasteiger partial charge in [-0.2, -0.15) is 0 Å². The van der Waals surface area contributed by atoms with Crippen molar-refractivity contribution in [1.29, 1.82) is 0 Å². The Bertz CT molecular complexity index is 374. The average Bonchev–Trinajstić information content (AvgIpc) is 2.06. The van der Waals surface area contributed by atoms with Crippen LogP contribution in [0.25, 0.3) is 10.8 Å². The molecule has 0 nitrogen and oxygen atoms in total. The van der Waals surface area contributed by atoms with E-state index in [9.17, 15) is 0 Å².